The second-order valence-electron chi connectivity index (χ2n) is 19.7. The molecule has 0 aromatic heterocycles. The second kappa shape index (κ2) is 45.6. The number of aliphatic hydroxyl groups is 8. The molecule has 0 radical (unpaired) electrons. The van der Waals surface area contributed by atoms with E-state index in [1.165, 1.54) is 57.8 Å². The predicted molar refractivity (Wildman–Crippen MR) is 299 cm³/mol. The van der Waals surface area contributed by atoms with Crippen LogP contribution in [-0.4, -0.2) is 140 Å². The van der Waals surface area contributed by atoms with Crippen molar-refractivity contribution >= 4 is 5.91 Å². The Kier molecular flexibility index (Phi) is 41.2. The molecule has 0 saturated carbocycles. The summed E-state index contributed by atoms with van der Waals surface area (Å²) in [6.45, 7) is 2.62. The molecule has 0 aromatic carbocycles. The first-order valence-corrected chi connectivity index (χ1v) is 28.6. The van der Waals surface area contributed by atoms with Crippen LogP contribution in [0, 0.1) is 0 Å². The summed E-state index contributed by atoms with van der Waals surface area (Å²) >= 11 is 0. The first kappa shape index (κ1) is 67.8. The minimum atomic E-state index is -1.80. The summed E-state index contributed by atoms with van der Waals surface area (Å²) in [6.07, 6.45) is 46.9. The van der Waals surface area contributed by atoms with E-state index >= 15 is 0 Å². The molecule has 2 heterocycles. The Morgan fingerprint density at radius 1 is 0.493 bits per heavy atom. The molecule has 75 heavy (non-hydrogen) atoms. The maximum absolute atomic E-state index is 13.2. The monoisotopic (exact) mass is 1060 g/mol. The van der Waals surface area contributed by atoms with Gasteiger partial charge in [-0.05, 0) is 83.5 Å². The van der Waals surface area contributed by atoms with E-state index in [-0.39, 0.29) is 18.9 Å². The lowest BCUT2D eigenvalue weighted by Gasteiger charge is -2.46. The Morgan fingerprint density at radius 2 is 0.920 bits per heavy atom. The standard InChI is InChI=1S/C61H101NO13/c1-3-5-7-9-11-13-15-17-19-20-21-22-23-24-25-26-27-28-29-30-31-33-35-37-39-41-43-45-53(66)62-49(50(65)44-42-40-38-36-34-32-18-16-14-12-10-8-6-4-2)48-72-60-58(71)56(69)59(52(47-64)74-60)75-61-57(70)55(68)54(67)51(46-63)73-61/h5,7,11,13,17,19,21-22,24-25,27-28,30-31,35,37,42,44,49-52,54-61,63-65,67-71H,3-4,6,8-10,12,14-16,18,20,23,26,29,32-34,36,38-41,43,45-48H2,1-2H3,(H,62,66)/b7-5-,13-11-,19-17-,22-21-,25-24-,28-27-,31-30-,37-35-,44-42+. The van der Waals surface area contributed by atoms with Gasteiger partial charge in [0.15, 0.2) is 12.6 Å². The number of amides is 1. The molecule has 0 aromatic rings. The van der Waals surface area contributed by atoms with Crippen molar-refractivity contribution < 1.29 is 64.6 Å². The largest absolute Gasteiger partial charge is 0.394 e. The van der Waals surface area contributed by atoms with Gasteiger partial charge in [0.1, 0.15) is 48.8 Å². The molecule has 2 rings (SSSR count). The van der Waals surface area contributed by atoms with Crippen LogP contribution in [0.3, 0.4) is 0 Å². The van der Waals surface area contributed by atoms with Crippen LogP contribution in [0.1, 0.15) is 174 Å². The van der Waals surface area contributed by atoms with Gasteiger partial charge < -0.3 is 65.1 Å². The van der Waals surface area contributed by atoms with Gasteiger partial charge in [0, 0.05) is 6.42 Å². The molecule has 9 N–H and O–H groups in total. The molecule has 2 aliphatic heterocycles. The summed E-state index contributed by atoms with van der Waals surface area (Å²) in [5.41, 5.74) is 0. The SMILES string of the molecule is CC/C=C\C/C=C\C/C=C\C/C=C\C/C=C\C/C=C\C/C=C\C/C=C\CCCCC(=O)NC(COC1OC(CO)C(OC2OC(CO)C(O)C(O)C2O)C(O)C1O)C(O)/C=C/CCCCCCCCCCCCCC. The molecule has 14 nitrogen and oxygen atoms in total. The molecule has 0 bridgehead atoms. The van der Waals surface area contributed by atoms with Gasteiger partial charge >= 0.3 is 0 Å². The molecule has 12 unspecified atom stereocenters. The average molecular weight is 1060 g/mol. The van der Waals surface area contributed by atoms with Crippen molar-refractivity contribution in [1.29, 1.82) is 0 Å². The minimum absolute atomic E-state index is 0.219. The van der Waals surface area contributed by atoms with Gasteiger partial charge in [0.2, 0.25) is 5.91 Å². The molecule has 2 saturated heterocycles. The predicted octanol–water partition coefficient (Wildman–Crippen LogP) is 9.27. The summed E-state index contributed by atoms with van der Waals surface area (Å²) in [7, 11) is 0. The highest BCUT2D eigenvalue weighted by molar-refractivity contribution is 5.76. The Labute approximate surface area is 451 Å². The maximum atomic E-state index is 13.2. The van der Waals surface area contributed by atoms with E-state index in [2.05, 4.69) is 116 Å². The van der Waals surface area contributed by atoms with Gasteiger partial charge in [-0.2, -0.15) is 0 Å². The van der Waals surface area contributed by atoms with Crippen LogP contribution in [0.15, 0.2) is 109 Å². The fourth-order valence-corrected chi connectivity index (χ4v) is 8.60. The van der Waals surface area contributed by atoms with Crippen molar-refractivity contribution in [1.82, 2.24) is 5.32 Å². The maximum Gasteiger partial charge on any atom is 0.220 e. The minimum Gasteiger partial charge on any atom is -0.394 e. The fraction of sp³-hybridized carbons (Fsp3) is 0.689. The quantitative estimate of drug-likeness (QED) is 0.0205. The number of allylic oxidation sites excluding steroid dienone is 17. The van der Waals surface area contributed by atoms with Crippen molar-refractivity contribution in [3.05, 3.63) is 109 Å². The van der Waals surface area contributed by atoms with E-state index in [4.69, 9.17) is 18.9 Å². The molecule has 0 aliphatic carbocycles. The topological polar surface area (TPSA) is 228 Å². The highest BCUT2D eigenvalue weighted by Crippen LogP contribution is 2.30. The number of ether oxygens (including phenoxy) is 4. The lowest BCUT2D eigenvalue weighted by molar-refractivity contribution is -0.359. The van der Waals surface area contributed by atoms with Gasteiger partial charge in [-0.3, -0.25) is 4.79 Å². The fourth-order valence-electron chi connectivity index (χ4n) is 8.60. The first-order valence-electron chi connectivity index (χ1n) is 28.6. The molecule has 2 fully saturated rings. The molecular formula is C61H101NO13. The average Bonchev–Trinajstić information content (AvgIpc) is 3.41. The Balaban J connectivity index is 1.80. The van der Waals surface area contributed by atoms with Crippen molar-refractivity contribution in [2.45, 2.75) is 248 Å². The summed E-state index contributed by atoms with van der Waals surface area (Å²) in [5, 5.41) is 86.9. The molecule has 0 spiro atoms. The number of carbonyl (C=O) groups is 1. The van der Waals surface area contributed by atoms with Crippen molar-refractivity contribution in [3.63, 3.8) is 0 Å². The summed E-state index contributed by atoms with van der Waals surface area (Å²) < 4.78 is 22.7. The number of hydrogen-bond acceptors (Lipinski definition) is 13. The molecule has 2 aliphatic rings. The zero-order valence-corrected chi connectivity index (χ0v) is 45.7. The van der Waals surface area contributed by atoms with E-state index in [1.807, 2.05) is 6.08 Å². The Morgan fingerprint density at radius 3 is 1.41 bits per heavy atom. The van der Waals surface area contributed by atoms with Crippen molar-refractivity contribution in [2.24, 2.45) is 0 Å². The Hall–Kier alpha value is -3.35. The normalized spacial score (nSPS) is 25.9. The lowest BCUT2D eigenvalue weighted by Crippen LogP contribution is -2.65. The van der Waals surface area contributed by atoms with E-state index in [1.54, 1.807) is 6.08 Å². The highest BCUT2D eigenvalue weighted by Gasteiger charge is 2.51. The molecule has 14 heteroatoms. The van der Waals surface area contributed by atoms with Crippen LogP contribution in [0.4, 0.5) is 0 Å². The van der Waals surface area contributed by atoms with E-state index in [9.17, 15) is 45.6 Å². The molecular weight excluding hydrogens is 955 g/mol. The van der Waals surface area contributed by atoms with Gasteiger partial charge in [-0.1, -0.05) is 194 Å². The third kappa shape index (κ3) is 31.6. The van der Waals surface area contributed by atoms with E-state index in [0.29, 0.717) is 6.42 Å². The number of unbranched alkanes of at least 4 members (excludes halogenated alkanes) is 14. The lowest BCUT2D eigenvalue weighted by atomic mass is 9.97. The number of rotatable bonds is 43. The highest BCUT2D eigenvalue weighted by atomic mass is 16.7. The number of aliphatic hydroxyl groups excluding tert-OH is 8. The van der Waals surface area contributed by atoms with Gasteiger partial charge in [-0.25, -0.2) is 0 Å². The van der Waals surface area contributed by atoms with E-state index < -0.39 is 86.8 Å². The Bertz CT molecular complexity index is 1670. The smallest absolute Gasteiger partial charge is 0.220 e. The zero-order valence-electron chi connectivity index (χ0n) is 45.7. The van der Waals surface area contributed by atoms with Crippen molar-refractivity contribution in [3.8, 4) is 0 Å². The van der Waals surface area contributed by atoms with Crippen LogP contribution in [-0.2, 0) is 23.7 Å². The number of hydrogen-bond donors (Lipinski definition) is 9. The van der Waals surface area contributed by atoms with Gasteiger partial charge in [-0.15, -0.1) is 0 Å². The zero-order chi connectivity index (χ0) is 54.6. The summed E-state index contributed by atoms with van der Waals surface area (Å²) in [6, 6.07) is -0.945. The second-order valence-corrected chi connectivity index (χ2v) is 19.7. The van der Waals surface area contributed by atoms with Crippen LogP contribution < -0.4 is 5.32 Å². The number of carbonyl (C=O) groups excluding carboxylic acids is 1. The molecule has 428 valence electrons. The molecule has 1 amide bonds. The third-order valence-electron chi connectivity index (χ3n) is 13.2. The van der Waals surface area contributed by atoms with Crippen LogP contribution >= 0.6 is 0 Å². The van der Waals surface area contributed by atoms with Crippen LogP contribution in [0.25, 0.3) is 0 Å². The summed E-state index contributed by atoms with van der Waals surface area (Å²) in [4.78, 5) is 13.2. The van der Waals surface area contributed by atoms with Gasteiger partial charge in [0.25, 0.3) is 0 Å². The van der Waals surface area contributed by atoms with E-state index in [0.717, 1.165) is 89.9 Å². The van der Waals surface area contributed by atoms with Crippen molar-refractivity contribution in [2.75, 3.05) is 19.8 Å². The molecule has 12 atom stereocenters. The number of nitrogens with one attached hydrogen (secondary N) is 1. The van der Waals surface area contributed by atoms with Gasteiger partial charge in [0.05, 0.1) is 32.0 Å². The summed E-state index contributed by atoms with van der Waals surface area (Å²) in [5.74, 6) is -0.287. The third-order valence-corrected chi connectivity index (χ3v) is 13.2. The van der Waals surface area contributed by atoms with Crippen LogP contribution in [0.5, 0.6) is 0 Å². The first-order chi connectivity index (χ1) is 36.6. The van der Waals surface area contributed by atoms with Crippen LogP contribution in [0.2, 0.25) is 0 Å².